The zero-order valence-corrected chi connectivity index (χ0v) is 16.6. The molecule has 0 bridgehead atoms. The Morgan fingerprint density at radius 1 is 1.25 bits per heavy atom. The summed E-state index contributed by atoms with van der Waals surface area (Å²) in [5, 5.41) is 1.78. The molecule has 1 aliphatic rings. The summed E-state index contributed by atoms with van der Waals surface area (Å²) in [4.78, 5) is 17.3. The largest absolute Gasteiger partial charge is 0.402 e. The van der Waals surface area contributed by atoms with Crippen molar-refractivity contribution in [3.8, 4) is 0 Å². The summed E-state index contributed by atoms with van der Waals surface area (Å²) in [5.41, 5.74) is 11.6. The lowest BCUT2D eigenvalue weighted by molar-refractivity contribution is 0.766. The predicted molar refractivity (Wildman–Crippen MR) is 115 cm³/mol. The molecule has 1 fully saturated rings. The van der Waals surface area contributed by atoms with E-state index in [0.717, 1.165) is 40.4 Å². The molecule has 0 spiro atoms. The quantitative estimate of drug-likeness (QED) is 0.679. The molecule has 1 aromatic carbocycles. The van der Waals surface area contributed by atoms with Gasteiger partial charge in [-0.2, -0.15) is 0 Å². The number of pyridine rings is 2. The van der Waals surface area contributed by atoms with Crippen molar-refractivity contribution in [1.82, 2.24) is 9.55 Å². The molecule has 2 N–H and O–H groups in total. The summed E-state index contributed by atoms with van der Waals surface area (Å²) >= 11 is 0. The van der Waals surface area contributed by atoms with Crippen LogP contribution in [0.15, 0.2) is 53.3 Å². The maximum Gasteiger partial charge on any atom is 0.260 e. The van der Waals surface area contributed by atoms with Gasteiger partial charge in [0, 0.05) is 24.3 Å². The van der Waals surface area contributed by atoms with Crippen molar-refractivity contribution in [3.05, 3.63) is 81.2 Å². The second kappa shape index (κ2) is 7.63. The highest BCUT2D eigenvalue weighted by Crippen LogP contribution is 2.42. The number of hydrogen-bond acceptors (Lipinski definition) is 3. The van der Waals surface area contributed by atoms with Crippen molar-refractivity contribution in [2.24, 2.45) is 5.73 Å². The number of rotatable bonds is 6. The highest BCUT2D eigenvalue weighted by Gasteiger charge is 2.26. The number of nitrogens with two attached hydrogens (primary N) is 1. The third kappa shape index (κ3) is 3.72. The lowest BCUT2D eigenvalue weighted by Crippen LogP contribution is -2.20. The van der Waals surface area contributed by atoms with Crippen LogP contribution in [0.3, 0.4) is 0 Å². The second-order valence-electron chi connectivity index (χ2n) is 7.87. The van der Waals surface area contributed by atoms with Gasteiger partial charge in [-0.15, -0.1) is 0 Å². The van der Waals surface area contributed by atoms with Gasteiger partial charge in [0.25, 0.3) is 5.56 Å². The Morgan fingerprint density at radius 2 is 2.07 bits per heavy atom. The van der Waals surface area contributed by atoms with Crippen molar-refractivity contribution in [3.63, 3.8) is 0 Å². The van der Waals surface area contributed by atoms with Crippen molar-refractivity contribution >= 4 is 16.8 Å². The Hall–Kier alpha value is -2.88. The standard InChI is InChI=1S/C24H27N3O/c1-3-4-20(25)12-19-6-5-17(11-16(19)2)15-27-10-9-21-22(18-7-8-18)13-26-14-23(21)24(27)28/h5-6,9-14,18H,3-4,7-8,15,25H2,1-2H3/b20-12-. The maximum atomic E-state index is 13.0. The number of hydrogen-bond donors (Lipinski definition) is 1. The zero-order valence-electron chi connectivity index (χ0n) is 16.6. The Kier molecular flexibility index (Phi) is 5.03. The van der Waals surface area contributed by atoms with Crippen LogP contribution < -0.4 is 11.3 Å². The van der Waals surface area contributed by atoms with E-state index in [1.54, 1.807) is 10.8 Å². The van der Waals surface area contributed by atoms with E-state index in [1.165, 1.54) is 24.0 Å². The van der Waals surface area contributed by atoms with Crippen LogP contribution in [0.5, 0.6) is 0 Å². The summed E-state index contributed by atoms with van der Waals surface area (Å²) in [5.74, 6) is 0.579. The minimum atomic E-state index is 0.0290. The van der Waals surface area contributed by atoms with Gasteiger partial charge in [-0.05, 0) is 71.9 Å². The zero-order chi connectivity index (χ0) is 19.7. The maximum absolute atomic E-state index is 13.0. The molecule has 0 saturated heterocycles. The molecule has 2 heterocycles. The normalized spacial score (nSPS) is 14.6. The van der Waals surface area contributed by atoms with Crippen molar-refractivity contribution in [1.29, 1.82) is 0 Å². The molecule has 1 saturated carbocycles. The average Bonchev–Trinajstić information content (AvgIpc) is 3.51. The van der Waals surface area contributed by atoms with E-state index < -0.39 is 0 Å². The molecular weight excluding hydrogens is 346 g/mol. The number of fused-ring (bicyclic) bond motifs is 1. The van der Waals surface area contributed by atoms with Gasteiger partial charge in [0.2, 0.25) is 0 Å². The molecule has 0 unspecified atom stereocenters. The third-order valence-corrected chi connectivity index (χ3v) is 5.51. The van der Waals surface area contributed by atoms with Crippen molar-refractivity contribution in [2.75, 3.05) is 0 Å². The molecule has 2 aromatic heterocycles. The van der Waals surface area contributed by atoms with Crippen LogP contribution in [-0.2, 0) is 6.54 Å². The number of allylic oxidation sites excluding steroid dienone is 1. The Bertz CT molecular complexity index is 1110. The lowest BCUT2D eigenvalue weighted by atomic mass is 10.0. The lowest BCUT2D eigenvalue weighted by Gasteiger charge is -2.11. The van der Waals surface area contributed by atoms with Crippen molar-refractivity contribution < 1.29 is 0 Å². The number of aromatic nitrogens is 2. The van der Waals surface area contributed by atoms with Gasteiger partial charge < -0.3 is 10.3 Å². The van der Waals surface area contributed by atoms with Crippen LogP contribution in [0.4, 0.5) is 0 Å². The van der Waals surface area contributed by atoms with Crippen LogP contribution >= 0.6 is 0 Å². The SMILES string of the molecule is CCC/C(N)=C/c1ccc(Cn2ccc3c(C4CC4)cncc3c2=O)cc1C. The highest BCUT2D eigenvalue weighted by atomic mass is 16.1. The van der Waals surface area contributed by atoms with E-state index in [4.69, 9.17) is 5.73 Å². The van der Waals surface area contributed by atoms with Gasteiger partial charge in [0.15, 0.2) is 0 Å². The molecule has 28 heavy (non-hydrogen) atoms. The molecule has 0 radical (unpaired) electrons. The molecule has 144 valence electrons. The van der Waals surface area contributed by atoms with Gasteiger partial charge in [0.05, 0.1) is 11.9 Å². The van der Waals surface area contributed by atoms with Crippen molar-refractivity contribution in [2.45, 2.75) is 52.0 Å². The summed E-state index contributed by atoms with van der Waals surface area (Å²) in [6, 6.07) is 8.38. The second-order valence-corrected chi connectivity index (χ2v) is 7.87. The first-order chi connectivity index (χ1) is 13.6. The minimum Gasteiger partial charge on any atom is -0.402 e. The van der Waals surface area contributed by atoms with E-state index in [-0.39, 0.29) is 5.56 Å². The molecule has 0 atom stereocenters. The van der Waals surface area contributed by atoms with E-state index in [1.807, 2.05) is 12.4 Å². The summed E-state index contributed by atoms with van der Waals surface area (Å²) in [6.07, 6.45) is 11.9. The van der Waals surface area contributed by atoms with E-state index in [2.05, 4.69) is 49.2 Å². The van der Waals surface area contributed by atoms with Crippen LogP contribution in [0, 0.1) is 6.92 Å². The fourth-order valence-corrected chi connectivity index (χ4v) is 3.83. The monoisotopic (exact) mass is 373 g/mol. The molecule has 3 aromatic rings. The number of aryl methyl sites for hydroxylation is 1. The fraction of sp³-hybridized carbons (Fsp3) is 0.333. The minimum absolute atomic E-state index is 0.0290. The highest BCUT2D eigenvalue weighted by molar-refractivity contribution is 5.84. The molecule has 1 aliphatic carbocycles. The summed E-state index contributed by atoms with van der Waals surface area (Å²) < 4.78 is 1.77. The van der Waals surface area contributed by atoms with Crippen LogP contribution in [0.1, 0.15) is 60.8 Å². The number of nitrogens with zero attached hydrogens (tertiary/aromatic N) is 2. The van der Waals surface area contributed by atoms with Gasteiger partial charge in [-0.3, -0.25) is 9.78 Å². The molecule has 4 heteroatoms. The molecular formula is C24H27N3O. The van der Waals surface area contributed by atoms with Crippen LogP contribution in [0.25, 0.3) is 16.8 Å². The first-order valence-electron chi connectivity index (χ1n) is 10.1. The van der Waals surface area contributed by atoms with E-state index in [0.29, 0.717) is 12.5 Å². The number of benzene rings is 1. The van der Waals surface area contributed by atoms with Gasteiger partial charge >= 0.3 is 0 Å². The van der Waals surface area contributed by atoms with Crippen LogP contribution in [-0.4, -0.2) is 9.55 Å². The fourth-order valence-electron chi connectivity index (χ4n) is 3.83. The van der Waals surface area contributed by atoms with Gasteiger partial charge in [-0.25, -0.2) is 0 Å². The molecule has 4 rings (SSSR count). The average molecular weight is 374 g/mol. The topological polar surface area (TPSA) is 60.9 Å². The summed E-state index contributed by atoms with van der Waals surface area (Å²) in [6.45, 7) is 4.77. The first kappa shape index (κ1) is 18.5. The molecule has 4 nitrogen and oxygen atoms in total. The van der Waals surface area contributed by atoms with Crippen LogP contribution in [0.2, 0.25) is 0 Å². The summed E-state index contributed by atoms with van der Waals surface area (Å²) in [7, 11) is 0. The smallest absolute Gasteiger partial charge is 0.260 e. The van der Waals surface area contributed by atoms with E-state index in [9.17, 15) is 4.79 Å². The third-order valence-electron chi connectivity index (χ3n) is 5.51. The van der Waals surface area contributed by atoms with Gasteiger partial charge in [0.1, 0.15) is 0 Å². The molecule has 0 aliphatic heterocycles. The predicted octanol–water partition coefficient (Wildman–Crippen LogP) is 4.73. The van der Waals surface area contributed by atoms with E-state index >= 15 is 0 Å². The van der Waals surface area contributed by atoms with Gasteiger partial charge in [-0.1, -0.05) is 31.5 Å². The Balaban J connectivity index is 1.63. The molecule has 0 amide bonds. The Labute approximate surface area is 165 Å². The first-order valence-corrected chi connectivity index (χ1v) is 10.1. The Morgan fingerprint density at radius 3 is 2.79 bits per heavy atom.